The number of thiophene rings is 1. The summed E-state index contributed by atoms with van der Waals surface area (Å²) in [7, 11) is 0. The van der Waals surface area contributed by atoms with Gasteiger partial charge in [-0.3, -0.25) is 10.1 Å². The first-order valence-electron chi connectivity index (χ1n) is 5.25. The molecule has 0 fully saturated rings. The standard InChI is InChI=1S/C12H9NO5S/c14-12(15)9-4-1-5-10(11(9)13(16)17)18-7-8-3-2-6-19-8/h1-6H,7H2,(H,14,15). The molecule has 1 heterocycles. The molecule has 2 rings (SSSR count). The lowest BCUT2D eigenvalue weighted by Gasteiger charge is -2.07. The number of nitrogens with zero attached hydrogens (tertiary/aromatic N) is 1. The molecule has 1 N–H and O–H groups in total. The van der Waals surface area contributed by atoms with Crippen LogP contribution in [0.25, 0.3) is 0 Å². The van der Waals surface area contributed by atoms with Crippen molar-refractivity contribution < 1.29 is 19.6 Å². The predicted molar refractivity (Wildman–Crippen MR) is 68.7 cm³/mol. The van der Waals surface area contributed by atoms with Gasteiger partial charge in [0, 0.05) is 4.88 Å². The van der Waals surface area contributed by atoms with E-state index in [1.54, 1.807) is 0 Å². The van der Waals surface area contributed by atoms with E-state index in [2.05, 4.69) is 0 Å². The highest BCUT2D eigenvalue weighted by atomic mass is 32.1. The van der Waals surface area contributed by atoms with Crippen molar-refractivity contribution in [3.05, 3.63) is 56.3 Å². The molecule has 0 bridgehead atoms. The van der Waals surface area contributed by atoms with Crippen molar-refractivity contribution >= 4 is 23.0 Å². The Labute approximate surface area is 112 Å². The van der Waals surface area contributed by atoms with Crippen LogP contribution in [-0.2, 0) is 6.61 Å². The molecule has 0 atom stereocenters. The average Bonchev–Trinajstić information content (AvgIpc) is 2.88. The van der Waals surface area contributed by atoms with E-state index in [0.717, 1.165) is 4.88 Å². The van der Waals surface area contributed by atoms with Gasteiger partial charge in [-0.1, -0.05) is 12.1 Å². The minimum absolute atomic E-state index is 0.0432. The number of rotatable bonds is 5. The molecule has 0 aliphatic heterocycles. The lowest BCUT2D eigenvalue weighted by atomic mass is 10.1. The van der Waals surface area contributed by atoms with Crippen molar-refractivity contribution in [2.45, 2.75) is 6.61 Å². The van der Waals surface area contributed by atoms with Gasteiger partial charge < -0.3 is 9.84 Å². The van der Waals surface area contributed by atoms with Gasteiger partial charge >= 0.3 is 11.7 Å². The molecule has 0 unspecified atom stereocenters. The van der Waals surface area contributed by atoms with Crippen LogP contribution in [0.5, 0.6) is 5.75 Å². The first-order chi connectivity index (χ1) is 9.09. The SMILES string of the molecule is O=C(O)c1cccc(OCc2cccs2)c1[N+](=O)[O-]. The smallest absolute Gasteiger partial charge is 0.342 e. The third kappa shape index (κ3) is 2.89. The van der Waals surface area contributed by atoms with Crippen LogP contribution in [0.3, 0.4) is 0 Å². The third-order valence-corrected chi connectivity index (χ3v) is 3.21. The molecule has 0 aliphatic carbocycles. The fourth-order valence-electron chi connectivity index (χ4n) is 1.54. The van der Waals surface area contributed by atoms with Crippen LogP contribution in [0.4, 0.5) is 5.69 Å². The van der Waals surface area contributed by atoms with E-state index in [0.29, 0.717) is 0 Å². The summed E-state index contributed by atoms with van der Waals surface area (Å²) in [4.78, 5) is 22.1. The lowest BCUT2D eigenvalue weighted by molar-refractivity contribution is -0.386. The van der Waals surface area contributed by atoms with Crippen LogP contribution in [0.15, 0.2) is 35.7 Å². The fourth-order valence-corrected chi connectivity index (χ4v) is 2.16. The van der Waals surface area contributed by atoms with Crippen molar-refractivity contribution in [1.29, 1.82) is 0 Å². The van der Waals surface area contributed by atoms with Gasteiger partial charge in [-0.05, 0) is 23.6 Å². The molecule has 2 aromatic rings. The number of para-hydroxylation sites is 1. The zero-order valence-corrected chi connectivity index (χ0v) is 10.4. The first kappa shape index (κ1) is 13.0. The van der Waals surface area contributed by atoms with Crippen molar-refractivity contribution in [2.24, 2.45) is 0 Å². The highest BCUT2D eigenvalue weighted by Gasteiger charge is 2.25. The van der Waals surface area contributed by atoms with Crippen molar-refractivity contribution in [3.63, 3.8) is 0 Å². The maximum Gasteiger partial charge on any atom is 0.342 e. The van der Waals surface area contributed by atoms with E-state index >= 15 is 0 Å². The molecule has 0 saturated carbocycles. The normalized spacial score (nSPS) is 10.1. The lowest BCUT2D eigenvalue weighted by Crippen LogP contribution is -2.05. The van der Waals surface area contributed by atoms with E-state index in [9.17, 15) is 14.9 Å². The molecule has 1 aromatic carbocycles. The average molecular weight is 279 g/mol. The van der Waals surface area contributed by atoms with E-state index in [-0.39, 0.29) is 17.9 Å². The zero-order valence-electron chi connectivity index (χ0n) is 9.61. The summed E-state index contributed by atoms with van der Waals surface area (Å²) in [6.07, 6.45) is 0. The second-order valence-electron chi connectivity index (χ2n) is 3.58. The van der Waals surface area contributed by atoms with Gasteiger partial charge in [-0.25, -0.2) is 4.79 Å². The minimum Gasteiger partial charge on any atom is -0.481 e. The number of carboxylic acids is 1. The van der Waals surface area contributed by atoms with Crippen LogP contribution in [0, 0.1) is 10.1 Å². The highest BCUT2D eigenvalue weighted by molar-refractivity contribution is 7.09. The Morgan fingerprint density at radius 1 is 1.37 bits per heavy atom. The number of carboxylic acid groups (broad SMARTS) is 1. The van der Waals surface area contributed by atoms with Crippen LogP contribution in [-0.4, -0.2) is 16.0 Å². The Morgan fingerprint density at radius 2 is 2.16 bits per heavy atom. The van der Waals surface area contributed by atoms with Crippen LogP contribution >= 0.6 is 11.3 Å². The van der Waals surface area contributed by atoms with E-state index in [1.807, 2.05) is 17.5 Å². The van der Waals surface area contributed by atoms with Gasteiger partial charge in [-0.15, -0.1) is 11.3 Å². The molecule has 6 nitrogen and oxygen atoms in total. The summed E-state index contributed by atoms with van der Waals surface area (Å²) < 4.78 is 5.34. The molecular formula is C12H9NO5S. The number of hydrogen-bond donors (Lipinski definition) is 1. The van der Waals surface area contributed by atoms with E-state index in [4.69, 9.17) is 9.84 Å². The summed E-state index contributed by atoms with van der Waals surface area (Å²) in [6.45, 7) is 0.168. The number of hydrogen-bond acceptors (Lipinski definition) is 5. The molecule has 7 heteroatoms. The Balaban J connectivity index is 2.31. The van der Waals surface area contributed by atoms with Crippen LogP contribution in [0.1, 0.15) is 15.2 Å². The molecule has 0 aliphatic rings. The molecule has 19 heavy (non-hydrogen) atoms. The van der Waals surface area contributed by atoms with Crippen molar-refractivity contribution in [1.82, 2.24) is 0 Å². The largest absolute Gasteiger partial charge is 0.481 e. The third-order valence-electron chi connectivity index (χ3n) is 2.36. The molecule has 0 saturated heterocycles. The Bertz CT molecular complexity index is 609. The minimum atomic E-state index is -1.35. The predicted octanol–water partition coefficient (Wildman–Crippen LogP) is 2.93. The number of ether oxygens (including phenoxy) is 1. The van der Waals surface area contributed by atoms with E-state index < -0.39 is 16.6 Å². The van der Waals surface area contributed by atoms with Crippen LogP contribution < -0.4 is 4.74 Å². The molecule has 0 radical (unpaired) electrons. The topological polar surface area (TPSA) is 89.7 Å². The van der Waals surface area contributed by atoms with Crippen molar-refractivity contribution in [3.8, 4) is 5.75 Å². The van der Waals surface area contributed by atoms with Gasteiger partial charge in [0.1, 0.15) is 12.2 Å². The fraction of sp³-hybridized carbons (Fsp3) is 0.0833. The maximum atomic E-state index is 11.0. The molecule has 1 aromatic heterocycles. The van der Waals surface area contributed by atoms with Gasteiger partial charge in [0.15, 0.2) is 5.75 Å². The summed E-state index contributed by atoms with van der Waals surface area (Å²) in [5.41, 5.74) is -0.903. The number of nitro benzene ring substituents is 1. The number of nitro groups is 1. The summed E-state index contributed by atoms with van der Waals surface area (Å²) in [6, 6.07) is 7.65. The first-order valence-corrected chi connectivity index (χ1v) is 6.13. The Kier molecular flexibility index (Phi) is 3.76. The summed E-state index contributed by atoms with van der Waals surface area (Å²) in [5.74, 6) is -1.40. The molecule has 0 spiro atoms. The second-order valence-corrected chi connectivity index (χ2v) is 4.61. The van der Waals surface area contributed by atoms with Gasteiger partial charge in [0.2, 0.25) is 0 Å². The summed E-state index contributed by atoms with van der Waals surface area (Å²) >= 11 is 1.46. The van der Waals surface area contributed by atoms with Crippen molar-refractivity contribution in [2.75, 3.05) is 0 Å². The number of benzene rings is 1. The number of aromatic carboxylic acids is 1. The van der Waals surface area contributed by atoms with Gasteiger partial charge in [0.25, 0.3) is 0 Å². The maximum absolute atomic E-state index is 11.0. The number of carbonyl (C=O) groups is 1. The Morgan fingerprint density at radius 3 is 2.74 bits per heavy atom. The zero-order chi connectivity index (χ0) is 13.8. The molecular weight excluding hydrogens is 270 g/mol. The van der Waals surface area contributed by atoms with E-state index in [1.165, 1.54) is 29.5 Å². The van der Waals surface area contributed by atoms with Gasteiger partial charge in [-0.2, -0.15) is 0 Å². The highest BCUT2D eigenvalue weighted by Crippen LogP contribution is 2.31. The van der Waals surface area contributed by atoms with Gasteiger partial charge in [0.05, 0.1) is 4.92 Å². The second kappa shape index (κ2) is 5.49. The molecule has 98 valence electrons. The molecule has 0 amide bonds. The van der Waals surface area contributed by atoms with Crippen LogP contribution in [0.2, 0.25) is 0 Å². The summed E-state index contributed by atoms with van der Waals surface area (Å²) in [5, 5.41) is 21.8. The Hall–Kier alpha value is -2.41. The monoisotopic (exact) mass is 279 g/mol. The quantitative estimate of drug-likeness (QED) is 0.671.